The molecule has 2 aromatic rings. The van der Waals surface area contributed by atoms with Crippen molar-refractivity contribution in [1.82, 2.24) is 10.6 Å². The first-order valence-electron chi connectivity index (χ1n) is 9.26. The standard InChI is InChI=1S/C21H19N3O8/c1-11-17(20(26)31-3)18(23-21(27)22-11)12-7-8-15(16(10-12)30-2)32-19(25)13-5-4-6-14(9-13)24(28)29/h4-10,18H,1-3H3,(H2,22,23,27). The molecular weight excluding hydrogens is 422 g/mol. The molecule has 1 heterocycles. The number of nitro benzene ring substituents is 1. The summed E-state index contributed by atoms with van der Waals surface area (Å²) in [6.45, 7) is 1.57. The average Bonchev–Trinajstić information content (AvgIpc) is 2.78. The smallest absolute Gasteiger partial charge is 0.343 e. The lowest BCUT2D eigenvalue weighted by atomic mass is 9.95. The van der Waals surface area contributed by atoms with Crippen molar-refractivity contribution in [3.05, 3.63) is 75.0 Å². The molecule has 1 aliphatic heterocycles. The second kappa shape index (κ2) is 9.16. The van der Waals surface area contributed by atoms with Gasteiger partial charge in [0.1, 0.15) is 0 Å². The summed E-state index contributed by atoms with van der Waals surface area (Å²) in [5.41, 5.74) is 0.760. The average molecular weight is 441 g/mol. The fraction of sp³-hybridized carbons (Fsp3) is 0.190. The minimum absolute atomic E-state index is 0.0116. The Morgan fingerprint density at radius 2 is 1.81 bits per heavy atom. The van der Waals surface area contributed by atoms with Gasteiger partial charge >= 0.3 is 18.0 Å². The lowest BCUT2D eigenvalue weighted by Crippen LogP contribution is -2.45. The molecule has 0 aliphatic carbocycles. The number of benzene rings is 2. The molecule has 11 nitrogen and oxygen atoms in total. The van der Waals surface area contributed by atoms with Crippen LogP contribution in [0.4, 0.5) is 10.5 Å². The molecule has 32 heavy (non-hydrogen) atoms. The first-order valence-corrected chi connectivity index (χ1v) is 9.26. The number of urea groups is 1. The van der Waals surface area contributed by atoms with Crippen molar-refractivity contribution in [1.29, 1.82) is 0 Å². The minimum atomic E-state index is -0.827. The number of esters is 2. The molecule has 3 rings (SSSR count). The minimum Gasteiger partial charge on any atom is -0.493 e. The summed E-state index contributed by atoms with van der Waals surface area (Å²) in [5, 5.41) is 16.1. The van der Waals surface area contributed by atoms with Crippen LogP contribution in [0.5, 0.6) is 11.5 Å². The number of nitrogens with zero attached hydrogens (tertiary/aromatic N) is 1. The highest BCUT2D eigenvalue weighted by Crippen LogP contribution is 2.35. The van der Waals surface area contributed by atoms with Gasteiger partial charge in [0.05, 0.1) is 36.3 Å². The van der Waals surface area contributed by atoms with Gasteiger partial charge in [-0.25, -0.2) is 14.4 Å². The van der Waals surface area contributed by atoms with Crippen molar-refractivity contribution in [3.63, 3.8) is 0 Å². The summed E-state index contributed by atoms with van der Waals surface area (Å²) in [4.78, 5) is 47.0. The van der Waals surface area contributed by atoms with E-state index in [9.17, 15) is 24.5 Å². The van der Waals surface area contributed by atoms with Crippen LogP contribution in [0.2, 0.25) is 0 Å². The quantitative estimate of drug-likeness (QED) is 0.301. The number of rotatable bonds is 6. The molecule has 0 aromatic heterocycles. The molecule has 11 heteroatoms. The molecular formula is C21H19N3O8. The zero-order valence-electron chi connectivity index (χ0n) is 17.3. The molecule has 2 N–H and O–H groups in total. The summed E-state index contributed by atoms with van der Waals surface area (Å²) in [6.07, 6.45) is 0. The van der Waals surface area contributed by atoms with E-state index in [1.807, 2.05) is 0 Å². The van der Waals surface area contributed by atoms with Crippen LogP contribution >= 0.6 is 0 Å². The Hall–Kier alpha value is -4.41. The van der Waals surface area contributed by atoms with E-state index in [-0.39, 0.29) is 28.3 Å². The lowest BCUT2D eigenvalue weighted by Gasteiger charge is -2.28. The van der Waals surface area contributed by atoms with E-state index in [2.05, 4.69) is 10.6 Å². The number of hydrogen-bond donors (Lipinski definition) is 2. The molecule has 1 unspecified atom stereocenters. The number of amides is 2. The third-order valence-corrected chi connectivity index (χ3v) is 4.69. The first-order chi connectivity index (χ1) is 15.2. The third-order valence-electron chi connectivity index (χ3n) is 4.69. The molecule has 0 spiro atoms. The van der Waals surface area contributed by atoms with Gasteiger partial charge in [-0.05, 0) is 30.7 Å². The van der Waals surface area contributed by atoms with Crippen LogP contribution in [0.25, 0.3) is 0 Å². The second-order valence-corrected chi connectivity index (χ2v) is 6.67. The Kier molecular flexibility index (Phi) is 6.38. The normalized spacial score (nSPS) is 15.3. The predicted molar refractivity (Wildman–Crippen MR) is 110 cm³/mol. The number of hydrogen-bond acceptors (Lipinski definition) is 8. The number of nitro groups is 1. The zero-order valence-corrected chi connectivity index (χ0v) is 17.3. The van der Waals surface area contributed by atoms with Crippen molar-refractivity contribution >= 4 is 23.7 Å². The number of methoxy groups -OCH3 is 2. The van der Waals surface area contributed by atoms with Crippen LogP contribution < -0.4 is 20.1 Å². The van der Waals surface area contributed by atoms with E-state index in [0.717, 1.165) is 6.07 Å². The predicted octanol–water partition coefficient (Wildman–Crippen LogP) is 2.62. The topological polar surface area (TPSA) is 146 Å². The number of ether oxygens (including phenoxy) is 3. The Morgan fingerprint density at radius 3 is 2.47 bits per heavy atom. The highest BCUT2D eigenvalue weighted by atomic mass is 16.6. The van der Waals surface area contributed by atoms with E-state index in [0.29, 0.717) is 11.3 Å². The molecule has 0 bridgehead atoms. The zero-order chi connectivity index (χ0) is 23.4. The summed E-state index contributed by atoms with van der Waals surface area (Å²) >= 11 is 0. The van der Waals surface area contributed by atoms with Crippen LogP contribution in [0.1, 0.15) is 28.9 Å². The number of allylic oxidation sites excluding steroid dienone is 1. The molecule has 1 aliphatic rings. The van der Waals surface area contributed by atoms with Crippen LogP contribution in [0.3, 0.4) is 0 Å². The number of non-ortho nitro benzene ring substituents is 1. The maximum atomic E-state index is 12.5. The van der Waals surface area contributed by atoms with Crippen molar-refractivity contribution in [2.45, 2.75) is 13.0 Å². The Bertz CT molecular complexity index is 1140. The van der Waals surface area contributed by atoms with Crippen LogP contribution in [0.15, 0.2) is 53.7 Å². The Balaban J connectivity index is 1.92. The van der Waals surface area contributed by atoms with Crippen molar-refractivity contribution in [2.75, 3.05) is 14.2 Å². The maximum Gasteiger partial charge on any atom is 0.343 e. The van der Waals surface area contributed by atoms with Gasteiger partial charge in [0.2, 0.25) is 0 Å². The van der Waals surface area contributed by atoms with Crippen LogP contribution in [-0.2, 0) is 9.53 Å². The van der Waals surface area contributed by atoms with Crippen LogP contribution in [0, 0.1) is 10.1 Å². The van der Waals surface area contributed by atoms with E-state index in [4.69, 9.17) is 14.2 Å². The molecule has 0 fully saturated rings. The maximum absolute atomic E-state index is 12.5. The van der Waals surface area contributed by atoms with Gasteiger partial charge in [0, 0.05) is 17.8 Å². The molecule has 0 radical (unpaired) electrons. The Morgan fingerprint density at radius 1 is 1.06 bits per heavy atom. The highest BCUT2D eigenvalue weighted by molar-refractivity contribution is 5.95. The van der Waals surface area contributed by atoms with Gasteiger partial charge < -0.3 is 24.8 Å². The molecule has 2 amide bonds. The first kappa shape index (κ1) is 22.3. The fourth-order valence-electron chi connectivity index (χ4n) is 3.18. The van der Waals surface area contributed by atoms with Gasteiger partial charge in [-0.1, -0.05) is 12.1 Å². The fourth-order valence-corrected chi connectivity index (χ4v) is 3.18. The van der Waals surface area contributed by atoms with Crippen molar-refractivity contribution < 1.29 is 33.5 Å². The van der Waals surface area contributed by atoms with Gasteiger partial charge in [0.25, 0.3) is 5.69 Å². The molecule has 2 aromatic carbocycles. The number of carbonyl (C=O) groups is 3. The lowest BCUT2D eigenvalue weighted by molar-refractivity contribution is -0.384. The Labute approximate surface area is 182 Å². The van der Waals surface area contributed by atoms with Gasteiger partial charge in [-0.3, -0.25) is 10.1 Å². The summed E-state index contributed by atoms with van der Waals surface area (Å²) < 4.78 is 15.5. The SMILES string of the molecule is COC(=O)C1=C(C)NC(=O)NC1c1ccc(OC(=O)c2cccc([N+](=O)[O-])c2)c(OC)c1. The van der Waals surface area contributed by atoms with E-state index >= 15 is 0 Å². The second-order valence-electron chi connectivity index (χ2n) is 6.67. The van der Waals surface area contributed by atoms with E-state index in [1.54, 1.807) is 13.0 Å². The molecule has 0 saturated carbocycles. The van der Waals surface area contributed by atoms with Gasteiger partial charge in [0.15, 0.2) is 11.5 Å². The highest BCUT2D eigenvalue weighted by Gasteiger charge is 2.32. The van der Waals surface area contributed by atoms with Crippen molar-refractivity contribution in [3.8, 4) is 11.5 Å². The molecule has 0 saturated heterocycles. The summed E-state index contributed by atoms with van der Waals surface area (Å²) in [5.74, 6) is -1.25. The van der Waals surface area contributed by atoms with Gasteiger partial charge in [-0.2, -0.15) is 0 Å². The summed E-state index contributed by atoms with van der Waals surface area (Å²) in [6, 6.07) is 8.27. The van der Waals surface area contributed by atoms with E-state index in [1.165, 1.54) is 44.6 Å². The van der Waals surface area contributed by atoms with E-state index < -0.39 is 28.9 Å². The summed E-state index contributed by atoms with van der Waals surface area (Å²) in [7, 11) is 2.58. The van der Waals surface area contributed by atoms with Gasteiger partial charge in [-0.15, -0.1) is 0 Å². The molecule has 166 valence electrons. The molecule has 1 atom stereocenters. The number of carbonyl (C=O) groups excluding carboxylic acids is 3. The largest absolute Gasteiger partial charge is 0.493 e. The monoisotopic (exact) mass is 441 g/mol. The number of nitrogens with one attached hydrogen (secondary N) is 2. The van der Waals surface area contributed by atoms with Crippen molar-refractivity contribution in [2.24, 2.45) is 0 Å². The van der Waals surface area contributed by atoms with Crippen LogP contribution in [-0.4, -0.2) is 37.1 Å². The third kappa shape index (κ3) is 4.51.